The SMILES string of the molecule is CCNc1cccc2cc(-c3ccccc3)c(OS(=O)(=O)C(F)(F)F)cc12. The van der Waals surface area contributed by atoms with Crippen LogP contribution >= 0.6 is 0 Å². The fraction of sp³-hybridized carbons (Fsp3) is 0.158. The van der Waals surface area contributed by atoms with E-state index in [1.807, 2.05) is 13.0 Å². The molecule has 0 saturated heterocycles. The number of halogens is 3. The van der Waals surface area contributed by atoms with Crippen LogP contribution in [0.1, 0.15) is 6.92 Å². The quantitative estimate of drug-likeness (QED) is 0.479. The van der Waals surface area contributed by atoms with E-state index in [4.69, 9.17) is 0 Å². The van der Waals surface area contributed by atoms with E-state index in [1.54, 1.807) is 48.5 Å². The average Bonchev–Trinajstić information content (AvgIpc) is 2.61. The molecule has 0 aromatic heterocycles. The van der Waals surface area contributed by atoms with Crippen molar-refractivity contribution < 1.29 is 25.8 Å². The summed E-state index contributed by atoms with van der Waals surface area (Å²) in [6, 6.07) is 16.8. The molecule has 0 spiro atoms. The maximum atomic E-state index is 12.8. The van der Waals surface area contributed by atoms with Gasteiger partial charge >= 0.3 is 15.6 Å². The number of hydrogen-bond acceptors (Lipinski definition) is 4. The molecule has 0 aliphatic heterocycles. The van der Waals surface area contributed by atoms with Crippen LogP contribution in [0.2, 0.25) is 0 Å². The lowest BCUT2D eigenvalue weighted by Crippen LogP contribution is -2.28. The normalized spacial score (nSPS) is 12.1. The number of benzene rings is 3. The largest absolute Gasteiger partial charge is 0.534 e. The highest BCUT2D eigenvalue weighted by atomic mass is 32.2. The van der Waals surface area contributed by atoms with E-state index in [0.29, 0.717) is 23.2 Å². The second kappa shape index (κ2) is 7.11. The molecular formula is C19H16F3NO3S. The van der Waals surface area contributed by atoms with Crippen molar-refractivity contribution in [2.75, 3.05) is 11.9 Å². The molecule has 8 heteroatoms. The molecule has 0 saturated carbocycles. The Labute approximate surface area is 154 Å². The standard InChI is InChI=1S/C19H16F3NO3S/c1-2-23-17-10-6-9-14-11-16(13-7-4-3-5-8-13)18(12-15(14)17)26-27(24,25)19(20,21)22/h3-12,23H,2H2,1H3. The van der Waals surface area contributed by atoms with E-state index >= 15 is 0 Å². The van der Waals surface area contributed by atoms with Gasteiger partial charge < -0.3 is 9.50 Å². The van der Waals surface area contributed by atoms with Gasteiger partial charge in [0, 0.05) is 23.2 Å². The third-order valence-corrected chi connectivity index (χ3v) is 4.88. The molecule has 0 atom stereocenters. The molecular weight excluding hydrogens is 379 g/mol. The summed E-state index contributed by atoms with van der Waals surface area (Å²) in [5.74, 6) is -0.378. The Morgan fingerprint density at radius 2 is 1.70 bits per heavy atom. The van der Waals surface area contributed by atoms with Gasteiger partial charge in [0.15, 0.2) is 5.75 Å². The molecule has 27 heavy (non-hydrogen) atoms. The molecule has 4 nitrogen and oxygen atoms in total. The average molecular weight is 395 g/mol. The van der Waals surface area contributed by atoms with Gasteiger partial charge in [0.1, 0.15) is 0 Å². The van der Waals surface area contributed by atoms with Gasteiger partial charge in [-0.05, 0) is 36.1 Å². The Kier molecular flexibility index (Phi) is 5.01. The van der Waals surface area contributed by atoms with Crippen molar-refractivity contribution in [1.29, 1.82) is 0 Å². The third-order valence-electron chi connectivity index (χ3n) is 3.92. The summed E-state index contributed by atoms with van der Waals surface area (Å²) in [5, 5.41) is 4.40. The van der Waals surface area contributed by atoms with Crippen molar-refractivity contribution >= 4 is 26.6 Å². The number of rotatable bonds is 5. The smallest absolute Gasteiger partial charge is 0.385 e. The minimum absolute atomic E-state index is 0.254. The van der Waals surface area contributed by atoms with Crippen LogP contribution in [0.15, 0.2) is 60.7 Å². The molecule has 3 aromatic carbocycles. The molecule has 0 bridgehead atoms. The Balaban J connectivity index is 2.26. The maximum absolute atomic E-state index is 12.8. The van der Waals surface area contributed by atoms with Crippen molar-refractivity contribution in [3.8, 4) is 16.9 Å². The molecule has 0 fully saturated rings. The van der Waals surface area contributed by atoms with Crippen molar-refractivity contribution in [3.05, 3.63) is 60.7 Å². The molecule has 142 valence electrons. The van der Waals surface area contributed by atoms with Gasteiger partial charge in [-0.25, -0.2) is 0 Å². The first-order chi connectivity index (χ1) is 12.7. The summed E-state index contributed by atoms with van der Waals surface area (Å²) in [6.45, 7) is 2.47. The van der Waals surface area contributed by atoms with Crippen LogP contribution in [0.4, 0.5) is 18.9 Å². The van der Waals surface area contributed by atoms with Gasteiger partial charge in [0.25, 0.3) is 0 Å². The van der Waals surface area contributed by atoms with Crippen molar-refractivity contribution in [2.45, 2.75) is 12.4 Å². The highest BCUT2D eigenvalue weighted by Gasteiger charge is 2.48. The zero-order valence-electron chi connectivity index (χ0n) is 14.2. The second-order valence-corrected chi connectivity index (χ2v) is 7.29. The van der Waals surface area contributed by atoms with E-state index < -0.39 is 15.6 Å². The number of hydrogen-bond donors (Lipinski definition) is 1. The van der Waals surface area contributed by atoms with E-state index in [2.05, 4.69) is 9.50 Å². The summed E-state index contributed by atoms with van der Waals surface area (Å²) in [5.41, 5.74) is -4.05. The molecule has 0 aliphatic rings. The summed E-state index contributed by atoms with van der Waals surface area (Å²) in [4.78, 5) is 0. The van der Waals surface area contributed by atoms with Gasteiger partial charge in [-0.15, -0.1) is 0 Å². The minimum Gasteiger partial charge on any atom is -0.385 e. The third kappa shape index (κ3) is 3.85. The molecule has 1 N–H and O–H groups in total. The monoisotopic (exact) mass is 395 g/mol. The number of alkyl halides is 3. The number of anilines is 1. The molecule has 3 aromatic rings. The van der Waals surface area contributed by atoms with Crippen molar-refractivity contribution in [1.82, 2.24) is 0 Å². The molecule has 0 aliphatic carbocycles. The van der Waals surface area contributed by atoms with Crippen LogP contribution < -0.4 is 9.50 Å². The lowest BCUT2D eigenvalue weighted by Gasteiger charge is -2.16. The predicted octanol–water partition coefficient (Wildman–Crippen LogP) is 5.17. The minimum atomic E-state index is -5.80. The van der Waals surface area contributed by atoms with Gasteiger partial charge in [-0.2, -0.15) is 21.6 Å². The predicted molar refractivity (Wildman–Crippen MR) is 99.2 cm³/mol. The highest BCUT2D eigenvalue weighted by Crippen LogP contribution is 2.39. The van der Waals surface area contributed by atoms with E-state index in [9.17, 15) is 21.6 Å². The maximum Gasteiger partial charge on any atom is 0.534 e. The zero-order chi connectivity index (χ0) is 19.7. The topological polar surface area (TPSA) is 55.4 Å². The van der Waals surface area contributed by atoms with E-state index in [-0.39, 0.29) is 11.3 Å². The van der Waals surface area contributed by atoms with Gasteiger partial charge in [-0.3, -0.25) is 0 Å². The zero-order valence-corrected chi connectivity index (χ0v) is 15.1. The van der Waals surface area contributed by atoms with Crippen molar-refractivity contribution in [3.63, 3.8) is 0 Å². The number of fused-ring (bicyclic) bond motifs is 1. The Hall–Kier alpha value is -2.74. The Bertz CT molecular complexity index is 1060. The molecule has 0 unspecified atom stereocenters. The summed E-state index contributed by atoms with van der Waals surface area (Å²) in [6.07, 6.45) is 0. The van der Waals surface area contributed by atoms with Crippen LogP contribution in [0.5, 0.6) is 5.75 Å². The number of nitrogens with one attached hydrogen (secondary N) is 1. The first kappa shape index (κ1) is 19.0. The fourth-order valence-corrected chi connectivity index (χ4v) is 3.20. The molecule has 0 radical (unpaired) electrons. The van der Waals surface area contributed by atoms with Gasteiger partial charge in [0.2, 0.25) is 0 Å². The fourth-order valence-electron chi connectivity index (χ4n) is 2.73. The Morgan fingerprint density at radius 1 is 1.00 bits per heavy atom. The molecule has 0 heterocycles. The highest BCUT2D eigenvalue weighted by molar-refractivity contribution is 7.88. The van der Waals surface area contributed by atoms with Crippen LogP contribution in [0, 0.1) is 0 Å². The second-order valence-electron chi connectivity index (χ2n) is 5.75. The van der Waals surface area contributed by atoms with E-state index in [0.717, 1.165) is 5.39 Å². The summed E-state index contributed by atoms with van der Waals surface area (Å²) < 4.78 is 66.2. The summed E-state index contributed by atoms with van der Waals surface area (Å²) >= 11 is 0. The van der Waals surface area contributed by atoms with Gasteiger partial charge in [-0.1, -0.05) is 42.5 Å². The van der Waals surface area contributed by atoms with Gasteiger partial charge in [0.05, 0.1) is 0 Å². The lowest BCUT2D eigenvalue weighted by atomic mass is 9.99. The molecule has 0 amide bonds. The first-order valence-corrected chi connectivity index (χ1v) is 9.50. The van der Waals surface area contributed by atoms with Crippen LogP contribution in [0.3, 0.4) is 0 Å². The van der Waals surface area contributed by atoms with Crippen molar-refractivity contribution in [2.24, 2.45) is 0 Å². The molecule has 3 rings (SSSR count). The van der Waals surface area contributed by atoms with Crippen LogP contribution in [-0.4, -0.2) is 20.5 Å². The Morgan fingerprint density at radius 3 is 2.33 bits per heavy atom. The van der Waals surface area contributed by atoms with E-state index in [1.165, 1.54) is 6.07 Å². The lowest BCUT2D eigenvalue weighted by molar-refractivity contribution is -0.0499. The van der Waals surface area contributed by atoms with Crippen LogP contribution in [0.25, 0.3) is 21.9 Å². The summed E-state index contributed by atoms with van der Waals surface area (Å²) in [7, 11) is -5.80. The van der Waals surface area contributed by atoms with Crippen LogP contribution in [-0.2, 0) is 10.1 Å². The first-order valence-electron chi connectivity index (χ1n) is 8.10.